The van der Waals surface area contributed by atoms with Crippen LogP contribution in [-0.2, 0) is 4.84 Å². The van der Waals surface area contributed by atoms with E-state index in [2.05, 4.69) is 5.32 Å². The first-order valence-electron chi connectivity index (χ1n) is 7.97. The summed E-state index contributed by atoms with van der Waals surface area (Å²) in [5, 5.41) is 3.95. The van der Waals surface area contributed by atoms with Crippen molar-refractivity contribution in [3.05, 3.63) is 89.8 Å². The molecule has 2 aliphatic rings. The lowest BCUT2D eigenvalue weighted by atomic mass is 10.2. The number of hydroxylamine groups is 1. The third-order valence-electron chi connectivity index (χ3n) is 3.92. The number of hydrogen-bond acceptors (Lipinski definition) is 4. The molecule has 2 aromatic carbocycles. The van der Waals surface area contributed by atoms with Gasteiger partial charge in [0.2, 0.25) is 5.82 Å². The molecule has 26 heavy (non-hydrogen) atoms. The van der Waals surface area contributed by atoms with Gasteiger partial charge in [-0.1, -0.05) is 48.2 Å². The number of nitrogens with zero attached hydrogens (tertiary/aromatic N) is 2. The van der Waals surface area contributed by atoms with Crippen LogP contribution >= 0.6 is 11.8 Å². The molecule has 0 atom stereocenters. The van der Waals surface area contributed by atoms with Crippen LogP contribution in [0, 0.1) is 0 Å². The lowest BCUT2D eigenvalue weighted by Gasteiger charge is -2.29. The first kappa shape index (κ1) is 16.3. The number of anilines is 2. The predicted octanol–water partition coefficient (Wildman–Crippen LogP) is 3.49. The molecule has 0 unspecified atom stereocenters. The van der Waals surface area contributed by atoms with Gasteiger partial charge in [-0.3, -0.25) is 0 Å². The maximum atomic E-state index is 12.8. The van der Waals surface area contributed by atoms with Crippen molar-refractivity contribution < 1.29 is 15.1 Å². The number of fused-ring (bicyclic) bond motifs is 2. The van der Waals surface area contributed by atoms with Crippen molar-refractivity contribution in [2.45, 2.75) is 9.79 Å². The van der Waals surface area contributed by atoms with E-state index in [9.17, 15) is 4.79 Å². The monoisotopic (exact) mass is 364 g/mol. The second kappa shape index (κ2) is 6.99. The van der Waals surface area contributed by atoms with Crippen LogP contribution in [0.5, 0.6) is 0 Å². The molecule has 2 heterocycles. The Hall–Kier alpha value is -3.16. The SMILES string of the molecule is NC([NH2+]OC(=O)N1c2ccccc2Sc2ccccc21)=C1C=C[N-]C=C1. The molecule has 2 aliphatic heterocycles. The largest absolute Gasteiger partial charge is 0.670 e. The van der Waals surface area contributed by atoms with E-state index in [1.165, 1.54) is 5.48 Å². The van der Waals surface area contributed by atoms with Gasteiger partial charge >= 0.3 is 6.09 Å². The first-order valence-corrected chi connectivity index (χ1v) is 8.78. The fourth-order valence-electron chi connectivity index (χ4n) is 2.68. The number of benzene rings is 2. The zero-order chi connectivity index (χ0) is 17.9. The van der Waals surface area contributed by atoms with E-state index in [1.54, 1.807) is 41.2 Å². The Balaban J connectivity index is 1.61. The lowest BCUT2D eigenvalue weighted by Crippen LogP contribution is -2.85. The average molecular weight is 364 g/mol. The summed E-state index contributed by atoms with van der Waals surface area (Å²) in [6.45, 7) is 0. The van der Waals surface area contributed by atoms with Crippen molar-refractivity contribution in [3.63, 3.8) is 0 Å². The van der Waals surface area contributed by atoms with Crippen molar-refractivity contribution in [2.24, 2.45) is 5.73 Å². The minimum atomic E-state index is -0.512. The van der Waals surface area contributed by atoms with E-state index in [0.29, 0.717) is 5.82 Å². The van der Waals surface area contributed by atoms with Crippen LogP contribution in [0.2, 0.25) is 0 Å². The Kier molecular flexibility index (Phi) is 4.39. The number of carbonyl (C=O) groups is 1. The highest BCUT2D eigenvalue weighted by Gasteiger charge is 2.30. The molecule has 2 aromatic rings. The number of para-hydroxylation sites is 2. The minimum Gasteiger partial charge on any atom is -0.670 e. The molecule has 6 nitrogen and oxygen atoms in total. The second-order valence-corrected chi connectivity index (χ2v) is 6.65. The predicted molar refractivity (Wildman–Crippen MR) is 100 cm³/mol. The Morgan fingerprint density at radius 3 is 2.19 bits per heavy atom. The maximum absolute atomic E-state index is 12.8. The van der Waals surface area contributed by atoms with Crippen LogP contribution < -0.4 is 16.1 Å². The Morgan fingerprint density at radius 2 is 1.58 bits per heavy atom. The van der Waals surface area contributed by atoms with E-state index in [-0.39, 0.29) is 0 Å². The molecular formula is C19H16N4O2S. The van der Waals surface area contributed by atoms with Crippen LogP contribution in [0.1, 0.15) is 0 Å². The van der Waals surface area contributed by atoms with Gasteiger partial charge in [-0.05, 0) is 24.3 Å². The molecule has 7 heteroatoms. The summed E-state index contributed by atoms with van der Waals surface area (Å²) < 4.78 is 0. The zero-order valence-electron chi connectivity index (χ0n) is 13.7. The number of amides is 1. The molecule has 0 bridgehead atoms. The number of nitrogens with two attached hydrogens (primary N) is 2. The number of quaternary nitrogens is 1. The highest BCUT2D eigenvalue weighted by atomic mass is 32.2. The summed E-state index contributed by atoms with van der Waals surface area (Å²) >= 11 is 1.63. The van der Waals surface area contributed by atoms with Gasteiger partial charge < -0.3 is 11.1 Å². The molecule has 0 spiro atoms. The summed E-state index contributed by atoms with van der Waals surface area (Å²) in [6.07, 6.45) is 6.25. The van der Waals surface area contributed by atoms with Crippen molar-refractivity contribution in [3.8, 4) is 0 Å². The van der Waals surface area contributed by atoms with Crippen molar-refractivity contribution >= 4 is 29.2 Å². The highest BCUT2D eigenvalue weighted by Crippen LogP contribution is 2.47. The molecule has 0 saturated carbocycles. The molecule has 0 fully saturated rings. The van der Waals surface area contributed by atoms with Crippen LogP contribution in [0.3, 0.4) is 0 Å². The van der Waals surface area contributed by atoms with Crippen molar-refractivity contribution in [1.29, 1.82) is 0 Å². The number of carbonyl (C=O) groups excluding carboxylic acids is 1. The molecule has 0 aromatic heterocycles. The van der Waals surface area contributed by atoms with E-state index >= 15 is 0 Å². The fraction of sp³-hybridized carbons (Fsp3) is 0. The van der Waals surface area contributed by atoms with Crippen LogP contribution in [0.4, 0.5) is 16.2 Å². The van der Waals surface area contributed by atoms with Gasteiger partial charge in [0.25, 0.3) is 0 Å². The van der Waals surface area contributed by atoms with Crippen LogP contribution in [0.15, 0.2) is 94.3 Å². The number of hydrogen-bond donors (Lipinski definition) is 2. The summed E-state index contributed by atoms with van der Waals surface area (Å²) in [5.74, 6) is 0.355. The standard InChI is InChI=1S/C19H15N4O2S/c20-18(13-9-11-21-12-10-13)22-25-19(24)23-14-5-1-3-7-16(14)26-17-8-4-2-6-15(17)23/h1-12,22H,20H2/q-1/p+1. The number of allylic oxidation sites excluding steroid dienone is 3. The van der Waals surface area contributed by atoms with Crippen molar-refractivity contribution in [1.82, 2.24) is 0 Å². The Labute approximate surface area is 155 Å². The molecular weight excluding hydrogens is 348 g/mol. The molecule has 4 rings (SSSR count). The normalized spacial score (nSPS) is 14.3. The zero-order valence-corrected chi connectivity index (χ0v) is 14.5. The molecule has 0 aliphatic carbocycles. The minimum absolute atomic E-state index is 0.355. The molecule has 0 saturated heterocycles. The van der Waals surface area contributed by atoms with Crippen molar-refractivity contribution in [2.75, 3.05) is 4.90 Å². The van der Waals surface area contributed by atoms with E-state index < -0.39 is 6.09 Å². The van der Waals surface area contributed by atoms with Gasteiger partial charge in [-0.25, -0.2) is 14.5 Å². The van der Waals surface area contributed by atoms with Gasteiger partial charge in [0.1, 0.15) is 0 Å². The first-order chi connectivity index (χ1) is 12.7. The van der Waals surface area contributed by atoms with Gasteiger partial charge in [0.05, 0.1) is 16.9 Å². The quantitative estimate of drug-likeness (QED) is 0.799. The Bertz CT molecular complexity index is 893. The van der Waals surface area contributed by atoms with Gasteiger partial charge in [-0.15, -0.1) is 5.48 Å². The number of rotatable bonds is 2. The summed E-state index contributed by atoms with van der Waals surface area (Å²) in [5.41, 5.74) is 9.58. The second-order valence-electron chi connectivity index (χ2n) is 5.57. The fourth-order valence-corrected chi connectivity index (χ4v) is 3.74. The van der Waals surface area contributed by atoms with E-state index in [4.69, 9.17) is 10.6 Å². The summed E-state index contributed by atoms with van der Waals surface area (Å²) in [4.78, 5) is 21.8. The third kappa shape index (κ3) is 3.05. The highest BCUT2D eigenvalue weighted by molar-refractivity contribution is 7.99. The van der Waals surface area contributed by atoms with Gasteiger partial charge in [0, 0.05) is 9.79 Å². The molecule has 4 N–H and O–H groups in total. The van der Waals surface area contributed by atoms with Gasteiger partial charge in [0.15, 0.2) is 0 Å². The maximum Gasteiger partial charge on any atom is 0.473 e. The van der Waals surface area contributed by atoms with Crippen LogP contribution in [0.25, 0.3) is 5.32 Å². The topological polar surface area (TPSA) is 86.3 Å². The Morgan fingerprint density at radius 1 is 1.00 bits per heavy atom. The van der Waals surface area contributed by atoms with E-state index in [1.807, 2.05) is 48.5 Å². The molecule has 1 amide bonds. The van der Waals surface area contributed by atoms with Crippen LogP contribution in [-0.4, -0.2) is 6.09 Å². The third-order valence-corrected chi connectivity index (χ3v) is 5.05. The molecule has 0 radical (unpaired) electrons. The van der Waals surface area contributed by atoms with E-state index in [0.717, 1.165) is 26.7 Å². The lowest BCUT2D eigenvalue weighted by molar-refractivity contribution is -0.836. The smallest absolute Gasteiger partial charge is 0.473 e. The summed E-state index contributed by atoms with van der Waals surface area (Å²) in [7, 11) is 0. The average Bonchev–Trinajstić information content (AvgIpc) is 2.70. The summed E-state index contributed by atoms with van der Waals surface area (Å²) in [6, 6.07) is 15.5. The van der Waals surface area contributed by atoms with Gasteiger partial charge in [-0.2, -0.15) is 12.4 Å². The molecule has 130 valence electrons.